The van der Waals surface area contributed by atoms with Crippen LogP contribution < -0.4 is 25.7 Å². The van der Waals surface area contributed by atoms with Crippen LogP contribution in [0, 0.1) is 6.92 Å². The first-order chi connectivity index (χ1) is 11.9. The van der Waals surface area contributed by atoms with Gasteiger partial charge in [-0.3, -0.25) is 4.79 Å². The lowest BCUT2D eigenvalue weighted by Gasteiger charge is -2.13. The van der Waals surface area contributed by atoms with Gasteiger partial charge in [-0.2, -0.15) is 0 Å². The molecule has 2 rings (SSSR count). The fourth-order valence-corrected chi connectivity index (χ4v) is 2.50. The second-order valence-corrected chi connectivity index (χ2v) is 5.69. The summed E-state index contributed by atoms with van der Waals surface area (Å²) in [5.74, 6) is 1.01. The molecule has 25 heavy (non-hydrogen) atoms. The van der Waals surface area contributed by atoms with Gasteiger partial charge in [-0.1, -0.05) is 11.6 Å². The molecular weight excluding hydrogens is 346 g/mol. The molecule has 2 amide bonds. The van der Waals surface area contributed by atoms with Crippen molar-refractivity contribution in [1.82, 2.24) is 9.88 Å². The first-order valence-corrected chi connectivity index (χ1v) is 7.96. The maximum atomic E-state index is 12.0. The number of pyridine rings is 1. The topological polar surface area (TPSA) is 81.6 Å². The molecule has 0 spiro atoms. The maximum absolute atomic E-state index is 12.0. The number of carbonyl (C=O) groups is 1. The monoisotopic (exact) mass is 365 g/mol. The van der Waals surface area contributed by atoms with E-state index in [0.717, 1.165) is 5.69 Å². The summed E-state index contributed by atoms with van der Waals surface area (Å²) >= 11 is 5.93. The van der Waals surface area contributed by atoms with Crippen LogP contribution >= 0.6 is 11.6 Å². The summed E-state index contributed by atoms with van der Waals surface area (Å²) < 4.78 is 11.8. The Bertz CT molecular complexity index is 820. The van der Waals surface area contributed by atoms with Crippen molar-refractivity contribution in [3.05, 3.63) is 51.4 Å². The van der Waals surface area contributed by atoms with Crippen LogP contribution in [-0.2, 0) is 6.54 Å². The highest BCUT2D eigenvalue weighted by atomic mass is 35.5. The number of hydrogen-bond donors (Lipinski definition) is 2. The molecule has 2 aromatic rings. The smallest absolute Gasteiger partial charge is 0.319 e. The molecule has 7 nitrogen and oxygen atoms in total. The molecule has 0 atom stereocenters. The van der Waals surface area contributed by atoms with Crippen LogP contribution in [0.15, 0.2) is 35.1 Å². The van der Waals surface area contributed by atoms with E-state index in [-0.39, 0.29) is 12.1 Å². The zero-order chi connectivity index (χ0) is 18.4. The summed E-state index contributed by atoms with van der Waals surface area (Å²) in [4.78, 5) is 24.1. The lowest BCUT2D eigenvalue weighted by atomic mass is 10.3. The molecule has 1 aromatic heterocycles. The molecule has 0 bridgehead atoms. The van der Waals surface area contributed by atoms with Gasteiger partial charge in [0.15, 0.2) is 0 Å². The number of ether oxygens (including phenoxy) is 2. The number of hydrogen-bond acceptors (Lipinski definition) is 4. The van der Waals surface area contributed by atoms with Crippen LogP contribution in [-0.4, -0.2) is 31.4 Å². The molecule has 0 saturated heterocycles. The third-order valence-electron chi connectivity index (χ3n) is 3.58. The summed E-state index contributed by atoms with van der Waals surface area (Å²) in [6.07, 6.45) is 0. The van der Waals surface area contributed by atoms with Gasteiger partial charge in [0.1, 0.15) is 11.5 Å². The fraction of sp³-hybridized carbons (Fsp3) is 0.294. The zero-order valence-electron chi connectivity index (χ0n) is 14.3. The molecule has 0 aliphatic heterocycles. The molecule has 2 N–H and O–H groups in total. The molecular formula is C17H20ClN3O4. The minimum Gasteiger partial charge on any atom is -0.496 e. The number of rotatable bonds is 6. The van der Waals surface area contributed by atoms with E-state index in [1.807, 2.05) is 0 Å². The number of urea groups is 1. The number of anilines is 1. The molecule has 0 radical (unpaired) electrons. The standard InChI is InChI=1S/C17H20ClN3O4/c1-11-8-13(24-2)10-16(22)21(11)7-6-19-17(23)20-14-9-12(18)4-5-15(14)25-3/h4-5,8-10H,6-7H2,1-3H3,(H2,19,20,23). The summed E-state index contributed by atoms with van der Waals surface area (Å²) in [5, 5.41) is 5.85. The Balaban J connectivity index is 1.96. The summed E-state index contributed by atoms with van der Waals surface area (Å²) in [5.41, 5.74) is 1.03. The predicted octanol–water partition coefficient (Wildman–Crippen LogP) is 2.65. The van der Waals surface area contributed by atoms with E-state index in [4.69, 9.17) is 21.1 Å². The van der Waals surface area contributed by atoms with Gasteiger partial charge in [0.05, 0.1) is 19.9 Å². The van der Waals surface area contributed by atoms with E-state index in [2.05, 4.69) is 10.6 Å². The lowest BCUT2D eigenvalue weighted by Crippen LogP contribution is -2.34. The first kappa shape index (κ1) is 18.7. The Kier molecular flexibility index (Phi) is 6.30. The first-order valence-electron chi connectivity index (χ1n) is 7.58. The highest BCUT2D eigenvalue weighted by molar-refractivity contribution is 6.31. The van der Waals surface area contributed by atoms with Crippen molar-refractivity contribution in [3.63, 3.8) is 0 Å². The average Bonchev–Trinajstić information content (AvgIpc) is 2.57. The van der Waals surface area contributed by atoms with Crippen LogP contribution in [0.2, 0.25) is 5.02 Å². The second kappa shape index (κ2) is 8.43. The van der Waals surface area contributed by atoms with Crippen LogP contribution in [0.3, 0.4) is 0 Å². The van der Waals surface area contributed by atoms with Gasteiger partial charge in [-0.05, 0) is 31.2 Å². The van der Waals surface area contributed by atoms with E-state index in [1.54, 1.807) is 35.8 Å². The molecule has 8 heteroatoms. The molecule has 0 fully saturated rings. The Morgan fingerprint density at radius 1 is 1.20 bits per heavy atom. The summed E-state index contributed by atoms with van der Waals surface area (Å²) in [6.45, 7) is 2.43. The van der Waals surface area contributed by atoms with Gasteiger partial charge in [-0.25, -0.2) is 4.79 Å². The fourth-order valence-electron chi connectivity index (χ4n) is 2.33. The van der Waals surface area contributed by atoms with E-state index in [9.17, 15) is 9.59 Å². The van der Waals surface area contributed by atoms with Gasteiger partial charge in [0.2, 0.25) is 0 Å². The van der Waals surface area contributed by atoms with Gasteiger partial charge in [-0.15, -0.1) is 0 Å². The zero-order valence-corrected chi connectivity index (χ0v) is 15.0. The van der Waals surface area contributed by atoms with E-state index in [0.29, 0.717) is 28.8 Å². The average molecular weight is 366 g/mol. The van der Waals surface area contributed by atoms with Gasteiger partial charge in [0, 0.05) is 29.9 Å². The maximum Gasteiger partial charge on any atom is 0.319 e. The highest BCUT2D eigenvalue weighted by Gasteiger charge is 2.09. The number of benzene rings is 1. The SMILES string of the molecule is COc1cc(C)n(CCNC(=O)Nc2cc(Cl)ccc2OC)c(=O)c1. The lowest BCUT2D eigenvalue weighted by molar-refractivity contribution is 0.251. The third kappa shape index (κ3) is 4.90. The Morgan fingerprint density at radius 3 is 2.60 bits per heavy atom. The Morgan fingerprint density at radius 2 is 1.96 bits per heavy atom. The summed E-state index contributed by atoms with van der Waals surface area (Å²) in [6, 6.07) is 7.68. The minimum absolute atomic E-state index is 0.185. The van der Waals surface area contributed by atoms with Gasteiger partial charge >= 0.3 is 6.03 Å². The van der Waals surface area contributed by atoms with E-state index in [1.165, 1.54) is 20.3 Å². The predicted molar refractivity (Wildman–Crippen MR) is 97.0 cm³/mol. The summed E-state index contributed by atoms with van der Waals surface area (Å²) in [7, 11) is 3.01. The number of aromatic nitrogens is 1. The quantitative estimate of drug-likeness (QED) is 0.824. The van der Waals surface area contributed by atoms with Crippen LogP contribution in [0.5, 0.6) is 11.5 Å². The number of carbonyl (C=O) groups excluding carboxylic acids is 1. The normalized spacial score (nSPS) is 10.2. The third-order valence-corrected chi connectivity index (χ3v) is 3.81. The second-order valence-electron chi connectivity index (χ2n) is 5.25. The number of nitrogens with one attached hydrogen (secondary N) is 2. The van der Waals surface area contributed by atoms with Crippen LogP contribution in [0.4, 0.5) is 10.5 Å². The molecule has 1 aromatic carbocycles. The Hall–Kier alpha value is -2.67. The largest absolute Gasteiger partial charge is 0.496 e. The minimum atomic E-state index is -0.417. The number of aryl methyl sites for hydroxylation is 1. The number of amides is 2. The van der Waals surface area contributed by atoms with E-state index < -0.39 is 6.03 Å². The molecule has 134 valence electrons. The van der Waals surface area contributed by atoms with Crippen molar-refractivity contribution >= 4 is 23.3 Å². The number of nitrogens with zero attached hydrogens (tertiary/aromatic N) is 1. The number of methoxy groups -OCH3 is 2. The molecule has 0 aliphatic carbocycles. The highest BCUT2D eigenvalue weighted by Crippen LogP contribution is 2.27. The molecule has 1 heterocycles. The Labute approximate surface area is 150 Å². The van der Waals surface area contributed by atoms with E-state index >= 15 is 0 Å². The number of halogens is 1. The van der Waals surface area contributed by atoms with Crippen molar-refractivity contribution < 1.29 is 14.3 Å². The van der Waals surface area contributed by atoms with Crippen molar-refractivity contribution in [2.24, 2.45) is 0 Å². The van der Waals surface area contributed by atoms with Crippen LogP contribution in [0.1, 0.15) is 5.69 Å². The molecule has 0 saturated carbocycles. The van der Waals surface area contributed by atoms with Crippen molar-refractivity contribution in [2.75, 3.05) is 26.1 Å². The van der Waals surface area contributed by atoms with Gasteiger partial charge in [0.25, 0.3) is 5.56 Å². The van der Waals surface area contributed by atoms with Crippen LogP contribution in [0.25, 0.3) is 0 Å². The molecule has 0 aliphatic rings. The molecule has 0 unspecified atom stereocenters. The van der Waals surface area contributed by atoms with Crippen molar-refractivity contribution in [3.8, 4) is 11.5 Å². The van der Waals surface area contributed by atoms with Crippen molar-refractivity contribution in [2.45, 2.75) is 13.5 Å². The van der Waals surface area contributed by atoms with Gasteiger partial charge < -0.3 is 24.7 Å². The van der Waals surface area contributed by atoms with Crippen molar-refractivity contribution in [1.29, 1.82) is 0 Å².